The maximum Gasteiger partial charge on any atom is 0.281 e. The Morgan fingerprint density at radius 1 is 1.11 bits per heavy atom. The maximum atomic E-state index is 13.5. The fraction of sp³-hybridized carbons (Fsp3) is 0.300. The van der Waals surface area contributed by atoms with Crippen LogP contribution in [0.5, 0.6) is 0 Å². The van der Waals surface area contributed by atoms with Gasteiger partial charge in [0.15, 0.2) is 23.3 Å². The van der Waals surface area contributed by atoms with Gasteiger partial charge < -0.3 is 0 Å². The van der Waals surface area contributed by atoms with E-state index in [0.717, 1.165) is 14.2 Å². The molecule has 18 heavy (non-hydrogen) atoms. The van der Waals surface area contributed by atoms with Crippen LogP contribution in [0, 0.1) is 23.3 Å². The first-order chi connectivity index (χ1) is 8.36. The Kier molecular flexibility index (Phi) is 4.58. The topological polar surface area (TPSA) is 29.5 Å². The van der Waals surface area contributed by atoms with Crippen molar-refractivity contribution in [2.75, 3.05) is 20.4 Å². The Morgan fingerprint density at radius 3 is 2.06 bits per heavy atom. The molecule has 8 heteroatoms. The van der Waals surface area contributed by atoms with E-state index in [0.29, 0.717) is 16.8 Å². The van der Waals surface area contributed by atoms with Crippen molar-refractivity contribution in [3.63, 3.8) is 0 Å². The predicted octanol–water partition coefficient (Wildman–Crippen LogP) is 2.60. The SMILES string of the molecule is CON(C)C(=O)c1c(F)c(F)c(F)c(F)c1SC. The molecule has 0 saturated carbocycles. The van der Waals surface area contributed by atoms with Crippen molar-refractivity contribution in [2.45, 2.75) is 4.90 Å². The minimum Gasteiger partial charge on any atom is -0.274 e. The van der Waals surface area contributed by atoms with Crippen LogP contribution in [-0.4, -0.2) is 31.4 Å². The van der Waals surface area contributed by atoms with E-state index < -0.39 is 39.6 Å². The molecule has 0 bridgehead atoms. The normalized spacial score (nSPS) is 10.6. The average Bonchev–Trinajstić information content (AvgIpc) is 2.38. The van der Waals surface area contributed by atoms with Crippen molar-refractivity contribution in [3.8, 4) is 0 Å². The summed E-state index contributed by atoms with van der Waals surface area (Å²) < 4.78 is 53.0. The third-order valence-corrected chi connectivity index (χ3v) is 2.99. The molecule has 0 unspecified atom stereocenters. The highest BCUT2D eigenvalue weighted by Crippen LogP contribution is 2.31. The first-order valence-electron chi connectivity index (χ1n) is 4.58. The monoisotopic (exact) mass is 283 g/mol. The standard InChI is InChI=1S/C10H9F4NO2S/c1-15(17-2)10(16)4-5(11)6(12)7(13)8(14)9(4)18-3/h1-3H3. The second-order valence-corrected chi connectivity index (χ2v) is 3.97. The fourth-order valence-electron chi connectivity index (χ4n) is 1.23. The zero-order chi connectivity index (χ0) is 14.0. The molecule has 0 heterocycles. The molecule has 0 aliphatic heterocycles. The quantitative estimate of drug-likeness (QED) is 0.281. The molecule has 0 aromatic heterocycles. The van der Waals surface area contributed by atoms with E-state index in [9.17, 15) is 22.4 Å². The van der Waals surface area contributed by atoms with Crippen molar-refractivity contribution in [1.82, 2.24) is 5.06 Å². The minimum atomic E-state index is -2.03. The Morgan fingerprint density at radius 2 is 1.61 bits per heavy atom. The van der Waals surface area contributed by atoms with Gasteiger partial charge in [0.05, 0.1) is 17.6 Å². The number of thioether (sulfide) groups is 1. The molecule has 3 nitrogen and oxygen atoms in total. The van der Waals surface area contributed by atoms with Gasteiger partial charge in [-0.15, -0.1) is 11.8 Å². The molecule has 0 saturated heterocycles. The van der Waals surface area contributed by atoms with Crippen LogP contribution < -0.4 is 0 Å². The summed E-state index contributed by atoms with van der Waals surface area (Å²) in [4.78, 5) is 15.6. The molecule has 0 aliphatic carbocycles. The molecule has 0 N–H and O–H groups in total. The predicted molar refractivity (Wildman–Crippen MR) is 57.2 cm³/mol. The molecule has 0 fully saturated rings. The Balaban J connectivity index is 3.57. The van der Waals surface area contributed by atoms with Gasteiger partial charge in [0, 0.05) is 7.05 Å². The van der Waals surface area contributed by atoms with E-state index in [1.807, 2.05) is 0 Å². The molecule has 0 aliphatic rings. The first kappa shape index (κ1) is 14.8. The van der Waals surface area contributed by atoms with Gasteiger partial charge in [-0.25, -0.2) is 22.6 Å². The molecule has 1 aromatic carbocycles. The van der Waals surface area contributed by atoms with Crippen LogP contribution in [0.25, 0.3) is 0 Å². The summed E-state index contributed by atoms with van der Waals surface area (Å²) in [5.74, 6) is -8.44. The van der Waals surface area contributed by atoms with Crippen LogP contribution in [-0.2, 0) is 4.84 Å². The summed E-state index contributed by atoms with van der Waals surface area (Å²) in [6.07, 6.45) is 1.30. The van der Waals surface area contributed by atoms with Gasteiger partial charge in [-0.05, 0) is 6.26 Å². The van der Waals surface area contributed by atoms with Crippen LogP contribution >= 0.6 is 11.8 Å². The van der Waals surface area contributed by atoms with Gasteiger partial charge in [-0.2, -0.15) is 0 Å². The van der Waals surface area contributed by atoms with Crippen LogP contribution in [0.15, 0.2) is 4.90 Å². The largest absolute Gasteiger partial charge is 0.281 e. The number of rotatable bonds is 3. The zero-order valence-corrected chi connectivity index (χ0v) is 10.5. The molecule has 1 aromatic rings. The summed E-state index contributed by atoms with van der Waals surface area (Å²) in [5, 5.41) is 0.578. The van der Waals surface area contributed by atoms with Crippen molar-refractivity contribution in [3.05, 3.63) is 28.8 Å². The highest BCUT2D eigenvalue weighted by Gasteiger charge is 2.30. The van der Waals surface area contributed by atoms with Gasteiger partial charge in [0.25, 0.3) is 5.91 Å². The first-order valence-corrected chi connectivity index (χ1v) is 5.81. The molecule has 0 radical (unpaired) electrons. The van der Waals surface area contributed by atoms with Gasteiger partial charge in [0.2, 0.25) is 0 Å². The van der Waals surface area contributed by atoms with E-state index in [2.05, 4.69) is 4.84 Å². The highest BCUT2D eigenvalue weighted by molar-refractivity contribution is 7.98. The van der Waals surface area contributed by atoms with E-state index in [1.165, 1.54) is 6.26 Å². The van der Waals surface area contributed by atoms with Gasteiger partial charge in [-0.1, -0.05) is 0 Å². The molecular weight excluding hydrogens is 274 g/mol. The van der Waals surface area contributed by atoms with Crippen LogP contribution in [0.3, 0.4) is 0 Å². The lowest BCUT2D eigenvalue weighted by Crippen LogP contribution is -2.28. The molecule has 1 rings (SSSR count). The Hall–Kier alpha value is -1.28. The van der Waals surface area contributed by atoms with Crippen molar-refractivity contribution in [2.24, 2.45) is 0 Å². The second kappa shape index (κ2) is 5.57. The van der Waals surface area contributed by atoms with Crippen LogP contribution in [0.4, 0.5) is 17.6 Å². The molecule has 1 amide bonds. The number of carbonyl (C=O) groups excluding carboxylic acids is 1. The number of benzene rings is 1. The zero-order valence-electron chi connectivity index (χ0n) is 9.68. The highest BCUT2D eigenvalue weighted by atomic mass is 32.2. The summed E-state index contributed by atoms with van der Waals surface area (Å²) in [5.41, 5.74) is -0.900. The lowest BCUT2D eigenvalue weighted by atomic mass is 10.1. The number of nitrogens with zero attached hydrogens (tertiary/aromatic N) is 1. The second-order valence-electron chi connectivity index (χ2n) is 3.15. The van der Waals surface area contributed by atoms with E-state index >= 15 is 0 Å². The minimum absolute atomic E-state index is 0.578. The summed E-state index contributed by atoms with van der Waals surface area (Å²) in [6.45, 7) is 0. The Bertz CT molecular complexity index is 496. The van der Waals surface area contributed by atoms with Gasteiger partial charge >= 0.3 is 0 Å². The van der Waals surface area contributed by atoms with Crippen LogP contribution in [0.2, 0.25) is 0 Å². The van der Waals surface area contributed by atoms with Gasteiger partial charge in [0.1, 0.15) is 0 Å². The smallest absolute Gasteiger partial charge is 0.274 e. The summed E-state index contributed by atoms with van der Waals surface area (Å²) >= 11 is 0.591. The third-order valence-electron chi connectivity index (χ3n) is 2.20. The maximum absolute atomic E-state index is 13.5. The third kappa shape index (κ3) is 2.30. The van der Waals surface area contributed by atoms with Crippen LogP contribution in [0.1, 0.15) is 10.4 Å². The number of hydroxylamine groups is 2. The lowest BCUT2D eigenvalue weighted by Gasteiger charge is -2.17. The van der Waals surface area contributed by atoms with Gasteiger partial charge in [-0.3, -0.25) is 9.63 Å². The van der Waals surface area contributed by atoms with Crippen molar-refractivity contribution in [1.29, 1.82) is 0 Å². The lowest BCUT2D eigenvalue weighted by molar-refractivity contribution is -0.0762. The molecular formula is C10H9F4NO2S. The van der Waals surface area contributed by atoms with Crippen molar-refractivity contribution >= 4 is 17.7 Å². The number of hydrogen-bond donors (Lipinski definition) is 0. The number of amides is 1. The van der Waals surface area contributed by atoms with E-state index in [-0.39, 0.29) is 0 Å². The Labute approximate surface area is 105 Å². The van der Waals surface area contributed by atoms with E-state index in [4.69, 9.17) is 0 Å². The number of halogens is 4. The summed E-state index contributed by atoms with van der Waals surface area (Å²) in [6, 6.07) is 0. The molecule has 100 valence electrons. The number of hydrogen-bond acceptors (Lipinski definition) is 3. The van der Waals surface area contributed by atoms with E-state index in [1.54, 1.807) is 0 Å². The van der Waals surface area contributed by atoms with Crippen molar-refractivity contribution < 1.29 is 27.2 Å². The average molecular weight is 283 g/mol. The number of carbonyl (C=O) groups is 1. The fourth-order valence-corrected chi connectivity index (χ4v) is 1.88. The summed E-state index contributed by atoms with van der Waals surface area (Å²) in [7, 11) is 2.25. The molecule has 0 atom stereocenters. The molecule has 0 spiro atoms.